The molecule has 0 aliphatic carbocycles. The second kappa shape index (κ2) is 5.34. The minimum atomic E-state index is -0.0436. The van der Waals surface area contributed by atoms with Crippen molar-refractivity contribution < 1.29 is 9.53 Å². The lowest BCUT2D eigenvalue weighted by Gasteiger charge is -2.36. The Morgan fingerprint density at radius 2 is 2.24 bits per heavy atom. The average molecular weight is 288 g/mol. The largest absolute Gasteiger partial charge is 0.382 e. The van der Waals surface area contributed by atoms with Gasteiger partial charge in [-0.2, -0.15) is 0 Å². The maximum Gasteiger partial charge on any atom is 0.223 e. The van der Waals surface area contributed by atoms with Crippen LogP contribution >= 0.6 is 0 Å². The molecule has 1 amide bonds. The molecule has 2 aliphatic heterocycles. The Bertz CT molecular complexity index is 554. The fourth-order valence-corrected chi connectivity index (χ4v) is 3.41. The van der Waals surface area contributed by atoms with Crippen LogP contribution in [0.5, 0.6) is 0 Å². The van der Waals surface area contributed by atoms with E-state index in [4.69, 9.17) is 4.74 Å². The Labute approximate surface area is 126 Å². The van der Waals surface area contributed by atoms with Crippen LogP contribution in [0.1, 0.15) is 39.2 Å². The number of rotatable bonds is 2. The summed E-state index contributed by atoms with van der Waals surface area (Å²) in [6.45, 7) is 7.54. The second-order valence-corrected chi connectivity index (χ2v) is 6.71. The van der Waals surface area contributed by atoms with E-state index in [1.54, 1.807) is 6.92 Å². The van der Waals surface area contributed by atoms with Crippen molar-refractivity contribution in [3.63, 3.8) is 0 Å². The van der Waals surface area contributed by atoms with Crippen LogP contribution in [0.3, 0.4) is 0 Å². The fraction of sp³-hybridized carbons (Fsp3) is 0.588. The summed E-state index contributed by atoms with van der Waals surface area (Å²) in [5.74, 6) is 0.126. The molecule has 4 heteroatoms. The molecule has 1 fully saturated rings. The number of anilines is 2. The van der Waals surface area contributed by atoms with Crippen LogP contribution in [0.25, 0.3) is 0 Å². The van der Waals surface area contributed by atoms with Gasteiger partial charge in [0.1, 0.15) is 0 Å². The van der Waals surface area contributed by atoms with E-state index in [0.717, 1.165) is 43.8 Å². The number of benzene rings is 1. The zero-order chi connectivity index (χ0) is 15.0. The molecular weight excluding hydrogens is 264 g/mol. The van der Waals surface area contributed by atoms with E-state index in [-0.39, 0.29) is 11.5 Å². The minimum absolute atomic E-state index is 0.0436. The van der Waals surface area contributed by atoms with Crippen LogP contribution in [0.15, 0.2) is 18.2 Å². The second-order valence-electron chi connectivity index (χ2n) is 6.71. The van der Waals surface area contributed by atoms with E-state index in [1.807, 2.05) is 4.90 Å². The number of nitrogens with one attached hydrogen (secondary N) is 1. The van der Waals surface area contributed by atoms with Crippen LogP contribution in [0, 0.1) is 0 Å². The lowest BCUT2D eigenvalue weighted by atomic mass is 9.93. The molecule has 2 aliphatic rings. The van der Waals surface area contributed by atoms with Crippen molar-refractivity contribution in [1.29, 1.82) is 0 Å². The van der Waals surface area contributed by atoms with Gasteiger partial charge in [0, 0.05) is 37.5 Å². The van der Waals surface area contributed by atoms with Gasteiger partial charge < -0.3 is 15.0 Å². The molecule has 0 saturated carbocycles. The molecular formula is C17H24N2O2. The van der Waals surface area contributed by atoms with Crippen LogP contribution in [-0.2, 0) is 16.0 Å². The number of carbonyl (C=O) groups excluding carboxylic acids is 1. The summed E-state index contributed by atoms with van der Waals surface area (Å²) in [4.78, 5) is 13.4. The Morgan fingerprint density at radius 1 is 1.43 bits per heavy atom. The quantitative estimate of drug-likeness (QED) is 0.909. The highest BCUT2D eigenvalue weighted by Crippen LogP contribution is 2.32. The smallest absolute Gasteiger partial charge is 0.223 e. The van der Waals surface area contributed by atoms with Crippen molar-refractivity contribution >= 4 is 17.3 Å². The Hall–Kier alpha value is -1.55. The van der Waals surface area contributed by atoms with Gasteiger partial charge >= 0.3 is 0 Å². The molecule has 1 unspecified atom stereocenters. The molecule has 4 nitrogen and oxygen atoms in total. The van der Waals surface area contributed by atoms with Crippen molar-refractivity contribution in [3.8, 4) is 0 Å². The Balaban J connectivity index is 1.72. The molecule has 1 atom stereocenters. The van der Waals surface area contributed by atoms with Crippen LogP contribution in [0.4, 0.5) is 11.4 Å². The highest BCUT2D eigenvalue weighted by molar-refractivity contribution is 5.94. The van der Waals surface area contributed by atoms with Gasteiger partial charge in [0.2, 0.25) is 5.91 Å². The molecule has 0 aromatic heterocycles. The summed E-state index contributed by atoms with van der Waals surface area (Å²) in [5.41, 5.74) is 3.45. The number of hydrogen-bond acceptors (Lipinski definition) is 3. The van der Waals surface area contributed by atoms with Gasteiger partial charge in [-0.15, -0.1) is 0 Å². The lowest BCUT2D eigenvalue weighted by molar-refractivity contribution is -0.116. The van der Waals surface area contributed by atoms with Gasteiger partial charge in [0.25, 0.3) is 0 Å². The maximum atomic E-state index is 11.6. The van der Waals surface area contributed by atoms with Gasteiger partial charge in [-0.3, -0.25) is 4.79 Å². The van der Waals surface area contributed by atoms with Gasteiger partial charge in [0.05, 0.1) is 5.60 Å². The third kappa shape index (κ3) is 3.05. The van der Waals surface area contributed by atoms with Crippen molar-refractivity contribution in [1.82, 2.24) is 0 Å². The summed E-state index contributed by atoms with van der Waals surface area (Å²) >= 11 is 0. The number of carbonyl (C=O) groups is 1. The summed E-state index contributed by atoms with van der Waals surface area (Å²) in [6, 6.07) is 6.80. The van der Waals surface area contributed by atoms with Crippen molar-refractivity contribution in [2.75, 3.05) is 23.4 Å². The molecule has 3 rings (SSSR count). The predicted molar refractivity (Wildman–Crippen MR) is 84.8 cm³/mol. The summed E-state index contributed by atoms with van der Waals surface area (Å²) < 4.78 is 5.76. The van der Waals surface area contributed by atoms with E-state index in [9.17, 15) is 4.79 Å². The first-order valence-electron chi connectivity index (χ1n) is 7.76. The zero-order valence-corrected chi connectivity index (χ0v) is 13.1. The molecule has 2 heterocycles. The standard InChI is InChI=1S/C17H24N2O2/c1-12(20)19-8-6-13-10-14(4-5-16(13)19)18-15-7-9-21-17(2,3)11-15/h4-5,10,15,18H,6-9,11H2,1-3H3. The van der Waals surface area contributed by atoms with Crippen molar-refractivity contribution in [2.24, 2.45) is 0 Å². The summed E-state index contributed by atoms with van der Waals surface area (Å²) in [5, 5.41) is 3.63. The van der Waals surface area contributed by atoms with Gasteiger partial charge in [-0.1, -0.05) is 0 Å². The van der Waals surface area contributed by atoms with E-state index < -0.39 is 0 Å². The number of hydrogen-bond donors (Lipinski definition) is 1. The normalized spacial score (nSPS) is 23.8. The Morgan fingerprint density at radius 3 is 2.95 bits per heavy atom. The Kier molecular flexibility index (Phi) is 3.66. The van der Waals surface area contributed by atoms with E-state index in [2.05, 4.69) is 37.4 Å². The fourth-order valence-electron chi connectivity index (χ4n) is 3.41. The van der Waals surface area contributed by atoms with Gasteiger partial charge in [0.15, 0.2) is 0 Å². The number of ether oxygens (including phenoxy) is 1. The third-order valence-electron chi connectivity index (χ3n) is 4.42. The predicted octanol–water partition coefficient (Wildman–Crippen LogP) is 2.97. The molecule has 1 saturated heterocycles. The van der Waals surface area contributed by atoms with Gasteiger partial charge in [-0.25, -0.2) is 0 Å². The molecule has 114 valence electrons. The van der Waals surface area contributed by atoms with Crippen LogP contribution in [0.2, 0.25) is 0 Å². The van der Waals surface area contributed by atoms with E-state index in [1.165, 1.54) is 5.56 Å². The minimum Gasteiger partial charge on any atom is -0.382 e. The number of nitrogens with zero attached hydrogens (tertiary/aromatic N) is 1. The summed E-state index contributed by atoms with van der Waals surface area (Å²) in [6.07, 6.45) is 3.01. The molecule has 1 aromatic carbocycles. The van der Waals surface area contributed by atoms with Crippen molar-refractivity contribution in [3.05, 3.63) is 23.8 Å². The lowest BCUT2D eigenvalue weighted by Crippen LogP contribution is -2.40. The van der Waals surface area contributed by atoms with Crippen LogP contribution < -0.4 is 10.2 Å². The molecule has 1 aromatic rings. The van der Waals surface area contributed by atoms with Gasteiger partial charge in [-0.05, 0) is 56.9 Å². The maximum absolute atomic E-state index is 11.6. The third-order valence-corrected chi connectivity index (χ3v) is 4.42. The molecule has 0 bridgehead atoms. The van der Waals surface area contributed by atoms with Crippen LogP contribution in [-0.4, -0.2) is 30.7 Å². The number of amides is 1. The average Bonchev–Trinajstić information content (AvgIpc) is 2.80. The monoisotopic (exact) mass is 288 g/mol. The molecule has 21 heavy (non-hydrogen) atoms. The van der Waals surface area contributed by atoms with E-state index >= 15 is 0 Å². The zero-order valence-electron chi connectivity index (χ0n) is 13.1. The first-order chi connectivity index (χ1) is 9.94. The highest BCUT2D eigenvalue weighted by atomic mass is 16.5. The highest BCUT2D eigenvalue weighted by Gasteiger charge is 2.29. The molecule has 1 N–H and O–H groups in total. The molecule has 0 radical (unpaired) electrons. The SMILES string of the molecule is CC(=O)N1CCc2cc(NC3CCOC(C)(C)C3)ccc21. The molecule has 0 spiro atoms. The van der Waals surface area contributed by atoms with Crippen molar-refractivity contribution in [2.45, 2.75) is 51.7 Å². The summed E-state index contributed by atoms with van der Waals surface area (Å²) in [7, 11) is 0. The topological polar surface area (TPSA) is 41.6 Å². The number of fused-ring (bicyclic) bond motifs is 1. The van der Waals surface area contributed by atoms with E-state index in [0.29, 0.717) is 6.04 Å². The first kappa shape index (κ1) is 14.4. The first-order valence-corrected chi connectivity index (χ1v) is 7.76.